The monoisotopic (exact) mass is 421 g/mol. The molecule has 0 aliphatic heterocycles. The van der Waals surface area contributed by atoms with E-state index in [0.717, 1.165) is 12.3 Å². The van der Waals surface area contributed by atoms with Gasteiger partial charge in [-0.05, 0) is 19.1 Å². The quantitative estimate of drug-likeness (QED) is 0.220. The molecule has 0 atom stereocenters. The number of nitrogens with one attached hydrogen (secondary N) is 2. The molecule has 2 N–H and O–H groups in total. The van der Waals surface area contributed by atoms with Crippen LogP contribution in [0, 0.1) is 0 Å². The van der Waals surface area contributed by atoms with E-state index < -0.39 is 0 Å². The van der Waals surface area contributed by atoms with Gasteiger partial charge in [0.15, 0.2) is 5.96 Å². The zero-order valence-electron chi connectivity index (χ0n) is 13.0. The molecule has 22 heavy (non-hydrogen) atoms. The number of guanidine groups is 1. The number of benzene rings is 1. The molecular weight excluding hydrogens is 397 g/mol. The average molecular weight is 421 g/mol. The lowest BCUT2D eigenvalue weighted by Gasteiger charge is -2.12. The highest BCUT2D eigenvalue weighted by atomic mass is 127. The molecule has 1 rings (SSSR count). The van der Waals surface area contributed by atoms with Crippen LogP contribution in [-0.2, 0) is 9.53 Å². The number of halogens is 1. The number of hydrogen-bond acceptors (Lipinski definition) is 4. The molecule has 0 heterocycles. The molecule has 0 fully saturated rings. The van der Waals surface area contributed by atoms with E-state index in [1.54, 1.807) is 0 Å². The Morgan fingerprint density at radius 3 is 2.59 bits per heavy atom. The Morgan fingerprint density at radius 2 is 1.95 bits per heavy atom. The fourth-order valence-electron chi connectivity index (χ4n) is 1.56. The molecule has 1 aromatic carbocycles. The molecule has 0 radical (unpaired) electrons. The van der Waals surface area contributed by atoms with Crippen LogP contribution in [0.1, 0.15) is 13.3 Å². The molecule has 0 bridgehead atoms. The summed E-state index contributed by atoms with van der Waals surface area (Å²) in [7, 11) is 1.37. The summed E-state index contributed by atoms with van der Waals surface area (Å²) in [6.07, 6.45) is 0.271. The summed E-state index contributed by atoms with van der Waals surface area (Å²) in [5.41, 5.74) is 0. The highest BCUT2D eigenvalue weighted by molar-refractivity contribution is 14.0. The minimum atomic E-state index is -0.262. The molecule has 0 spiro atoms. The normalized spacial score (nSPS) is 10.4. The minimum absolute atomic E-state index is 0. The highest BCUT2D eigenvalue weighted by Gasteiger charge is 2.00. The van der Waals surface area contributed by atoms with Gasteiger partial charge >= 0.3 is 5.97 Å². The predicted octanol–water partition coefficient (Wildman–Crippen LogP) is 1.80. The van der Waals surface area contributed by atoms with Gasteiger partial charge in [0.1, 0.15) is 12.4 Å². The van der Waals surface area contributed by atoms with Gasteiger partial charge in [-0.1, -0.05) is 18.2 Å². The molecule has 0 amide bonds. The molecular formula is C15H24IN3O3. The van der Waals surface area contributed by atoms with E-state index in [4.69, 9.17) is 4.74 Å². The van der Waals surface area contributed by atoms with Crippen molar-refractivity contribution >= 4 is 35.9 Å². The Hall–Kier alpha value is -1.51. The van der Waals surface area contributed by atoms with Crippen molar-refractivity contribution < 1.29 is 14.3 Å². The van der Waals surface area contributed by atoms with Crippen molar-refractivity contribution in [1.29, 1.82) is 0 Å². The lowest BCUT2D eigenvalue weighted by atomic mass is 10.3. The standard InChI is InChI=1S/C15H23N3O3.HI/c1-3-16-15(17-10-9-14(19)20-2)18-11-12-21-13-7-5-4-6-8-13;/h4-8H,3,9-12H2,1-2H3,(H2,16,17,18);1H. The summed E-state index contributed by atoms with van der Waals surface area (Å²) >= 11 is 0. The van der Waals surface area contributed by atoms with E-state index in [0.29, 0.717) is 25.7 Å². The molecule has 1 aromatic rings. The molecule has 0 unspecified atom stereocenters. The van der Waals surface area contributed by atoms with Gasteiger partial charge in [0.2, 0.25) is 0 Å². The Balaban J connectivity index is 0.00000441. The molecule has 0 aliphatic carbocycles. The summed E-state index contributed by atoms with van der Waals surface area (Å²) in [5, 5.41) is 6.25. The van der Waals surface area contributed by atoms with E-state index >= 15 is 0 Å². The van der Waals surface area contributed by atoms with Crippen LogP contribution < -0.4 is 15.4 Å². The average Bonchev–Trinajstić information content (AvgIpc) is 2.52. The van der Waals surface area contributed by atoms with Gasteiger partial charge in [-0.25, -0.2) is 0 Å². The summed E-state index contributed by atoms with van der Waals surface area (Å²) in [4.78, 5) is 15.3. The number of hydrogen-bond donors (Lipinski definition) is 2. The number of carbonyl (C=O) groups excluding carboxylic acids is 1. The number of carbonyl (C=O) groups is 1. The van der Waals surface area contributed by atoms with Crippen LogP contribution in [0.4, 0.5) is 0 Å². The first-order valence-electron chi connectivity index (χ1n) is 7.03. The number of ether oxygens (including phenoxy) is 2. The topological polar surface area (TPSA) is 72.0 Å². The molecule has 0 aliphatic rings. The van der Waals surface area contributed by atoms with Crippen LogP contribution in [0.15, 0.2) is 35.3 Å². The number of esters is 1. The predicted molar refractivity (Wildman–Crippen MR) is 98.0 cm³/mol. The maximum absolute atomic E-state index is 11.0. The van der Waals surface area contributed by atoms with Crippen molar-refractivity contribution in [2.45, 2.75) is 13.3 Å². The van der Waals surface area contributed by atoms with Crippen molar-refractivity contribution in [3.63, 3.8) is 0 Å². The fraction of sp³-hybridized carbons (Fsp3) is 0.467. The summed E-state index contributed by atoms with van der Waals surface area (Å²) in [5.74, 6) is 1.24. The van der Waals surface area contributed by atoms with Gasteiger partial charge in [0.05, 0.1) is 26.6 Å². The van der Waals surface area contributed by atoms with Crippen LogP contribution in [0.3, 0.4) is 0 Å². The fourth-order valence-corrected chi connectivity index (χ4v) is 1.56. The van der Waals surface area contributed by atoms with Crippen molar-refractivity contribution in [3.05, 3.63) is 30.3 Å². The van der Waals surface area contributed by atoms with Crippen molar-refractivity contribution in [2.24, 2.45) is 4.99 Å². The zero-order chi connectivity index (χ0) is 15.3. The van der Waals surface area contributed by atoms with Crippen LogP contribution in [-0.4, -0.2) is 45.3 Å². The Morgan fingerprint density at radius 1 is 1.23 bits per heavy atom. The largest absolute Gasteiger partial charge is 0.492 e. The van der Waals surface area contributed by atoms with Crippen LogP contribution in [0.5, 0.6) is 5.75 Å². The molecule has 124 valence electrons. The molecule has 6 nitrogen and oxygen atoms in total. The number of aliphatic imine (C=N–C) groups is 1. The number of methoxy groups -OCH3 is 1. The second-order valence-electron chi connectivity index (χ2n) is 4.18. The van der Waals surface area contributed by atoms with Gasteiger partial charge in [-0.3, -0.25) is 9.79 Å². The third kappa shape index (κ3) is 9.43. The third-order valence-electron chi connectivity index (χ3n) is 2.56. The maximum atomic E-state index is 11.0. The van der Waals surface area contributed by atoms with Gasteiger partial charge in [-0.2, -0.15) is 0 Å². The van der Waals surface area contributed by atoms with E-state index in [9.17, 15) is 4.79 Å². The first kappa shape index (κ1) is 20.5. The van der Waals surface area contributed by atoms with Crippen molar-refractivity contribution in [2.75, 3.05) is 33.4 Å². The summed E-state index contributed by atoms with van der Waals surface area (Å²) < 4.78 is 10.1. The minimum Gasteiger partial charge on any atom is -0.492 e. The first-order valence-corrected chi connectivity index (χ1v) is 7.03. The number of para-hydroxylation sites is 1. The second kappa shape index (κ2) is 13.2. The van der Waals surface area contributed by atoms with E-state index in [-0.39, 0.29) is 36.4 Å². The van der Waals surface area contributed by atoms with Crippen molar-refractivity contribution in [1.82, 2.24) is 10.6 Å². The van der Waals surface area contributed by atoms with Crippen LogP contribution in [0.2, 0.25) is 0 Å². The highest BCUT2D eigenvalue weighted by Crippen LogP contribution is 2.07. The smallest absolute Gasteiger partial charge is 0.307 e. The van der Waals surface area contributed by atoms with Gasteiger partial charge in [0, 0.05) is 6.54 Å². The van der Waals surface area contributed by atoms with E-state index in [1.165, 1.54) is 7.11 Å². The second-order valence-corrected chi connectivity index (χ2v) is 4.18. The SMILES string of the molecule is CCNC(=NCCC(=O)OC)NCCOc1ccccc1.I. The molecule has 0 saturated heterocycles. The lowest BCUT2D eigenvalue weighted by molar-refractivity contribution is -0.140. The third-order valence-corrected chi connectivity index (χ3v) is 2.56. The molecule has 0 saturated carbocycles. The van der Waals surface area contributed by atoms with Gasteiger partial charge in [0.25, 0.3) is 0 Å². The first-order chi connectivity index (χ1) is 10.3. The zero-order valence-corrected chi connectivity index (χ0v) is 15.3. The van der Waals surface area contributed by atoms with Crippen LogP contribution >= 0.6 is 24.0 Å². The lowest BCUT2D eigenvalue weighted by Crippen LogP contribution is -2.39. The van der Waals surface area contributed by atoms with E-state index in [2.05, 4.69) is 20.4 Å². The Bertz CT molecular complexity index is 441. The molecule has 7 heteroatoms. The Kier molecular flexibility index (Phi) is 12.3. The van der Waals surface area contributed by atoms with E-state index in [1.807, 2.05) is 37.3 Å². The van der Waals surface area contributed by atoms with Crippen molar-refractivity contribution in [3.8, 4) is 5.75 Å². The maximum Gasteiger partial charge on any atom is 0.307 e. The van der Waals surface area contributed by atoms with Gasteiger partial charge in [-0.15, -0.1) is 24.0 Å². The number of nitrogens with zero attached hydrogens (tertiary/aromatic N) is 1. The van der Waals surface area contributed by atoms with Gasteiger partial charge < -0.3 is 20.1 Å². The van der Waals surface area contributed by atoms with Crippen LogP contribution in [0.25, 0.3) is 0 Å². The Labute approximate surface area is 148 Å². The summed E-state index contributed by atoms with van der Waals surface area (Å²) in [6, 6.07) is 9.63. The molecule has 0 aromatic heterocycles. The summed E-state index contributed by atoms with van der Waals surface area (Å²) in [6.45, 7) is 4.29. The number of rotatable bonds is 8.